The van der Waals surface area contributed by atoms with Crippen molar-refractivity contribution in [3.8, 4) is 5.75 Å². The largest absolute Gasteiger partial charge is 0.486 e. The predicted octanol–water partition coefficient (Wildman–Crippen LogP) is 2.84. The van der Waals surface area contributed by atoms with Gasteiger partial charge in [-0.1, -0.05) is 19.1 Å². The van der Waals surface area contributed by atoms with Gasteiger partial charge >= 0.3 is 0 Å². The van der Waals surface area contributed by atoms with E-state index in [1.165, 1.54) is 11.1 Å². The van der Waals surface area contributed by atoms with E-state index in [4.69, 9.17) is 9.47 Å². The van der Waals surface area contributed by atoms with E-state index in [1.54, 1.807) is 0 Å². The molecule has 2 unspecified atom stereocenters. The van der Waals surface area contributed by atoms with Gasteiger partial charge in [0.15, 0.2) is 0 Å². The highest BCUT2D eigenvalue weighted by atomic mass is 16.5. The van der Waals surface area contributed by atoms with Crippen LogP contribution < -0.4 is 10.1 Å². The standard InChI is InChI=1S/C16H25NO2/c1-4-8-17-14-7-9-18-11-16(14)19-15-10-12(2)5-6-13(15)3/h5-6,10,14,16-17H,4,7-9,11H2,1-3H3. The second-order valence-electron chi connectivity index (χ2n) is 5.35. The number of hydrogen-bond acceptors (Lipinski definition) is 3. The fourth-order valence-corrected chi connectivity index (χ4v) is 2.39. The molecule has 2 atom stereocenters. The van der Waals surface area contributed by atoms with E-state index in [0.717, 1.165) is 31.7 Å². The molecular weight excluding hydrogens is 238 g/mol. The molecule has 0 amide bonds. The third-order valence-electron chi connectivity index (χ3n) is 3.58. The molecule has 0 bridgehead atoms. The lowest BCUT2D eigenvalue weighted by Crippen LogP contribution is -2.49. The van der Waals surface area contributed by atoms with Gasteiger partial charge in [-0.25, -0.2) is 0 Å². The van der Waals surface area contributed by atoms with Gasteiger partial charge in [0.2, 0.25) is 0 Å². The Balaban J connectivity index is 2.04. The third-order valence-corrected chi connectivity index (χ3v) is 3.58. The number of benzene rings is 1. The molecule has 3 nitrogen and oxygen atoms in total. The van der Waals surface area contributed by atoms with E-state index in [-0.39, 0.29) is 6.10 Å². The average Bonchev–Trinajstić information content (AvgIpc) is 2.42. The Morgan fingerprint density at radius 1 is 1.37 bits per heavy atom. The zero-order valence-electron chi connectivity index (χ0n) is 12.2. The molecule has 1 saturated heterocycles. The highest BCUT2D eigenvalue weighted by Gasteiger charge is 2.27. The van der Waals surface area contributed by atoms with Crippen LogP contribution in [0.2, 0.25) is 0 Å². The summed E-state index contributed by atoms with van der Waals surface area (Å²) < 4.78 is 11.8. The minimum absolute atomic E-state index is 0.112. The highest BCUT2D eigenvalue weighted by molar-refractivity contribution is 5.36. The summed E-state index contributed by atoms with van der Waals surface area (Å²) >= 11 is 0. The Labute approximate surface area is 116 Å². The van der Waals surface area contributed by atoms with Crippen LogP contribution in [0.3, 0.4) is 0 Å². The van der Waals surface area contributed by atoms with Crippen LogP contribution >= 0.6 is 0 Å². The van der Waals surface area contributed by atoms with Gasteiger partial charge in [0.1, 0.15) is 11.9 Å². The van der Waals surface area contributed by atoms with Crippen LogP contribution in [-0.2, 0) is 4.74 Å². The molecule has 0 radical (unpaired) electrons. The summed E-state index contributed by atoms with van der Waals surface area (Å²) in [6.07, 6.45) is 2.28. The normalized spacial score (nSPS) is 23.3. The van der Waals surface area contributed by atoms with Gasteiger partial charge in [-0.05, 0) is 50.4 Å². The lowest BCUT2D eigenvalue weighted by Gasteiger charge is -2.33. The topological polar surface area (TPSA) is 30.5 Å². The van der Waals surface area contributed by atoms with Gasteiger partial charge in [-0.2, -0.15) is 0 Å². The first-order valence-electron chi connectivity index (χ1n) is 7.25. The number of nitrogens with one attached hydrogen (secondary N) is 1. The van der Waals surface area contributed by atoms with Crippen LogP contribution in [-0.4, -0.2) is 31.9 Å². The van der Waals surface area contributed by atoms with E-state index >= 15 is 0 Å². The zero-order chi connectivity index (χ0) is 13.7. The molecule has 1 aromatic rings. The van der Waals surface area contributed by atoms with Gasteiger partial charge in [-0.15, -0.1) is 0 Å². The van der Waals surface area contributed by atoms with E-state index in [9.17, 15) is 0 Å². The van der Waals surface area contributed by atoms with Crippen molar-refractivity contribution in [1.82, 2.24) is 5.32 Å². The number of rotatable bonds is 5. The molecule has 3 heteroatoms. The van der Waals surface area contributed by atoms with E-state index in [0.29, 0.717) is 12.6 Å². The maximum atomic E-state index is 6.19. The van der Waals surface area contributed by atoms with Crippen molar-refractivity contribution in [2.24, 2.45) is 0 Å². The number of aryl methyl sites for hydroxylation is 2. The van der Waals surface area contributed by atoms with Crippen molar-refractivity contribution >= 4 is 0 Å². The highest BCUT2D eigenvalue weighted by Crippen LogP contribution is 2.23. The predicted molar refractivity (Wildman–Crippen MR) is 77.8 cm³/mol. The van der Waals surface area contributed by atoms with Crippen molar-refractivity contribution in [2.45, 2.75) is 45.8 Å². The fraction of sp³-hybridized carbons (Fsp3) is 0.625. The van der Waals surface area contributed by atoms with Gasteiger partial charge < -0.3 is 14.8 Å². The first kappa shape index (κ1) is 14.4. The molecule has 1 aromatic carbocycles. The second-order valence-corrected chi connectivity index (χ2v) is 5.35. The van der Waals surface area contributed by atoms with E-state index in [1.807, 2.05) is 0 Å². The summed E-state index contributed by atoms with van der Waals surface area (Å²) in [5.41, 5.74) is 2.42. The lowest BCUT2D eigenvalue weighted by molar-refractivity contribution is -0.0149. The molecular formula is C16H25NO2. The molecule has 1 aliphatic heterocycles. The van der Waals surface area contributed by atoms with Crippen LogP contribution in [0.5, 0.6) is 5.75 Å². The smallest absolute Gasteiger partial charge is 0.137 e. The van der Waals surface area contributed by atoms with Crippen LogP contribution in [0, 0.1) is 13.8 Å². The Morgan fingerprint density at radius 3 is 3.00 bits per heavy atom. The molecule has 1 heterocycles. The van der Waals surface area contributed by atoms with Gasteiger partial charge in [0, 0.05) is 12.6 Å². The van der Waals surface area contributed by atoms with Crippen molar-refractivity contribution in [3.05, 3.63) is 29.3 Å². The second kappa shape index (κ2) is 6.92. The van der Waals surface area contributed by atoms with Gasteiger partial charge in [-0.3, -0.25) is 0 Å². The summed E-state index contributed by atoms with van der Waals surface area (Å²) in [7, 11) is 0. The van der Waals surface area contributed by atoms with E-state index < -0.39 is 0 Å². The lowest BCUT2D eigenvalue weighted by atomic mass is 10.1. The molecule has 1 fully saturated rings. The Hall–Kier alpha value is -1.06. The Bertz CT molecular complexity index is 406. The summed E-state index contributed by atoms with van der Waals surface area (Å²) in [5, 5.41) is 3.57. The molecule has 2 rings (SSSR count). The molecule has 0 aliphatic carbocycles. The Kier molecular flexibility index (Phi) is 5.23. The van der Waals surface area contributed by atoms with Crippen molar-refractivity contribution in [1.29, 1.82) is 0 Å². The van der Waals surface area contributed by atoms with Crippen LogP contribution in [0.15, 0.2) is 18.2 Å². The SMILES string of the molecule is CCCNC1CCOCC1Oc1cc(C)ccc1C. The average molecular weight is 263 g/mol. The molecule has 106 valence electrons. The zero-order valence-corrected chi connectivity index (χ0v) is 12.2. The maximum absolute atomic E-state index is 6.19. The minimum Gasteiger partial charge on any atom is -0.486 e. The molecule has 1 N–H and O–H groups in total. The molecule has 0 saturated carbocycles. The summed E-state index contributed by atoms with van der Waals surface area (Å²) in [4.78, 5) is 0. The maximum Gasteiger partial charge on any atom is 0.137 e. The minimum atomic E-state index is 0.112. The number of hydrogen-bond donors (Lipinski definition) is 1. The van der Waals surface area contributed by atoms with E-state index in [2.05, 4.69) is 44.3 Å². The quantitative estimate of drug-likeness (QED) is 0.886. The first-order chi connectivity index (χ1) is 9.20. The summed E-state index contributed by atoms with van der Waals surface area (Å²) in [5.74, 6) is 0.985. The molecule has 19 heavy (non-hydrogen) atoms. The van der Waals surface area contributed by atoms with Crippen LogP contribution in [0.1, 0.15) is 30.9 Å². The fourth-order valence-electron chi connectivity index (χ4n) is 2.39. The summed E-state index contributed by atoms with van der Waals surface area (Å²) in [6, 6.07) is 6.74. The Morgan fingerprint density at radius 2 is 2.21 bits per heavy atom. The van der Waals surface area contributed by atoms with Gasteiger partial charge in [0.05, 0.1) is 6.61 Å². The first-order valence-corrected chi connectivity index (χ1v) is 7.25. The summed E-state index contributed by atoms with van der Waals surface area (Å²) in [6.45, 7) is 8.91. The van der Waals surface area contributed by atoms with Gasteiger partial charge in [0.25, 0.3) is 0 Å². The molecule has 0 spiro atoms. The molecule has 0 aromatic heterocycles. The van der Waals surface area contributed by atoms with Crippen LogP contribution in [0.4, 0.5) is 0 Å². The number of ether oxygens (including phenoxy) is 2. The van der Waals surface area contributed by atoms with Crippen molar-refractivity contribution in [2.75, 3.05) is 19.8 Å². The monoisotopic (exact) mass is 263 g/mol. The van der Waals surface area contributed by atoms with Crippen molar-refractivity contribution < 1.29 is 9.47 Å². The van der Waals surface area contributed by atoms with Crippen LogP contribution in [0.25, 0.3) is 0 Å². The third kappa shape index (κ3) is 3.95. The molecule has 1 aliphatic rings. The van der Waals surface area contributed by atoms with Crippen molar-refractivity contribution in [3.63, 3.8) is 0 Å².